The number of hydrogen-bond donors (Lipinski definition) is 1. The summed E-state index contributed by atoms with van der Waals surface area (Å²) in [4.78, 5) is 0.906. The fourth-order valence-corrected chi connectivity index (χ4v) is 2.71. The summed E-state index contributed by atoms with van der Waals surface area (Å²) in [6.45, 7) is 0. The molecule has 0 saturated heterocycles. The molecule has 0 aliphatic carbocycles. The first-order chi connectivity index (χ1) is 10.3. The van der Waals surface area contributed by atoms with Gasteiger partial charge < -0.3 is 18.7 Å². The molecule has 0 fully saturated rings. The quantitative estimate of drug-likeness (QED) is 0.720. The van der Waals surface area contributed by atoms with Gasteiger partial charge in [-0.15, -0.1) is 0 Å². The van der Waals surface area contributed by atoms with Crippen LogP contribution in [0.4, 0.5) is 5.82 Å². The van der Waals surface area contributed by atoms with Gasteiger partial charge in [0.05, 0.1) is 24.5 Å². The minimum atomic E-state index is 0.681. The lowest BCUT2D eigenvalue weighted by molar-refractivity contribution is 0.394. The number of methoxy groups -OCH3 is 2. The van der Waals surface area contributed by atoms with Gasteiger partial charge in [-0.05, 0) is 42.3 Å². The van der Waals surface area contributed by atoms with E-state index in [4.69, 9.17) is 14.0 Å². The maximum Gasteiger partial charge on any atom is 0.187 e. The first-order valence-corrected chi connectivity index (χ1v) is 7.13. The van der Waals surface area contributed by atoms with E-state index in [9.17, 15) is 0 Å². The van der Waals surface area contributed by atoms with Crippen LogP contribution in [0.5, 0.6) is 11.5 Å². The maximum absolute atomic E-state index is 5.34. The number of anilines is 1. The number of fused-ring (bicyclic) bond motifs is 1. The van der Waals surface area contributed by atoms with Crippen molar-refractivity contribution in [3.8, 4) is 11.5 Å². The normalized spacial score (nSPS) is 10.6. The summed E-state index contributed by atoms with van der Waals surface area (Å²) in [6.07, 6.45) is 0. The minimum absolute atomic E-state index is 0.681. The fourth-order valence-electron chi connectivity index (χ4n) is 1.93. The molecule has 0 bridgehead atoms. The van der Waals surface area contributed by atoms with E-state index < -0.39 is 0 Å². The molecular weight excluding hydrogens is 288 g/mol. The van der Waals surface area contributed by atoms with Crippen molar-refractivity contribution in [2.45, 2.75) is 4.90 Å². The van der Waals surface area contributed by atoms with Gasteiger partial charge in [0.15, 0.2) is 11.4 Å². The monoisotopic (exact) mass is 302 g/mol. The van der Waals surface area contributed by atoms with Crippen LogP contribution in [0.15, 0.2) is 51.9 Å². The van der Waals surface area contributed by atoms with Gasteiger partial charge in [0.25, 0.3) is 0 Å². The highest BCUT2D eigenvalue weighted by molar-refractivity contribution is 8.00. The van der Waals surface area contributed by atoms with Crippen LogP contribution < -0.4 is 14.2 Å². The molecular formula is C15H14N2O3S. The first-order valence-electron chi connectivity index (χ1n) is 6.31. The van der Waals surface area contributed by atoms with Gasteiger partial charge in [0, 0.05) is 0 Å². The Morgan fingerprint density at radius 1 is 1.10 bits per heavy atom. The Hall–Kier alpha value is -2.34. The number of aromatic nitrogens is 1. The number of nitrogens with one attached hydrogen (secondary N) is 1. The van der Waals surface area contributed by atoms with Crippen LogP contribution in [-0.2, 0) is 0 Å². The van der Waals surface area contributed by atoms with E-state index in [0.717, 1.165) is 27.4 Å². The van der Waals surface area contributed by atoms with Gasteiger partial charge in [-0.3, -0.25) is 0 Å². The maximum atomic E-state index is 5.34. The highest BCUT2D eigenvalue weighted by atomic mass is 32.2. The third-order valence-corrected chi connectivity index (χ3v) is 3.84. The summed E-state index contributed by atoms with van der Waals surface area (Å²) in [5.41, 5.74) is 0.748. The van der Waals surface area contributed by atoms with Crippen molar-refractivity contribution in [3.63, 3.8) is 0 Å². The van der Waals surface area contributed by atoms with Crippen molar-refractivity contribution in [1.82, 2.24) is 5.16 Å². The second kappa shape index (κ2) is 5.97. The van der Waals surface area contributed by atoms with Crippen molar-refractivity contribution in [2.75, 3.05) is 18.9 Å². The number of benzene rings is 2. The Morgan fingerprint density at radius 2 is 1.95 bits per heavy atom. The van der Waals surface area contributed by atoms with Crippen molar-refractivity contribution >= 4 is 28.7 Å². The van der Waals surface area contributed by atoms with Crippen LogP contribution in [-0.4, -0.2) is 19.4 Å². The van der Waals surface area contributed by atoms with Crippen LogP contribution >= 0.6 is 11.9 Å². The summed E-state index contributed by atoms with van der Waals surface area (Å²) in [5.74, 6) is 2.21. The van der Waals surface area contributed by atoms with Gasteiger partial charge in [0.2, 0.25) is 0 Å². The third kappa shape index (κ3) is 2.75. The van der Waals surface area contributed by atoms with Crippen molar-refractivity contribution in [2.24, 2.45) is 0 Å². The van der Waals surface area contributed by atoms with Crippen LogP contribution in [0.3, 0.4) is 0 Å². The number of hydrogen-bond acceptors (Lipinski definition) is 6. The number of ether oxygens (including phenoxy) is 2. The summed E-state index contributed by atoms with van der Waals surface area (Å²) < 4.78 is 19.0. The molecule has 2 aromatic carbocycles. The molecule has 0 aliphatic rings. The predicted molar refractivity (Wildman–Crippen MR) is 83.0 cm³/mol. The molecule has 3 rings (SSSR count). The Morgan fingerprint density at radius 3 is 2.76 bits per heavy atom. The second-order valence-corrected chi connectivity index (χ2v) is 5.10. The summed E-state index contributed by atoms with van der Waals surface area (Å²) >= 11 is 1.40. The Kier molecular flexibility index (Phi) is 3.87. The van der Waals surface area contributed by atoms with E-state index in [1.807, 2.05) is 42.5 Å². The third-order valence-electron chi connectivity index (χ3n) is 3.01. The number of para-hydroxylation sites is 1. The minimum Gasteiger partial charge on any atom is -0.497 e. The molecule has 21 heavy (non-hydrogen) atoms. The summed E-state index contributed by atoms with van der Waals surface area (Å²) in [6, 6.07) is 13.3. The van der Waals surface area contributed by atoms with Crippen molar-refractivity contribution < 1.29 is 14.0 Å². The Labute approximate surface area is 126 Å². The zero-order valence-electron chi connectivity index (χ0n) is 11.6. The molecule has 0 saturated carbocycles. The van der Waals surface area contributed by atoms with Gasteiger partial charge >= 0.3 is 0 Å². The molecule has 0 spiro atoms. The molecule has 6 heteroatoms. The Balaban J connectivity index is 1.84. The molecule has 5 nitrogen and oxygen atoms in total. The second-order valence-electron chi connectivity index (χ2n) is 4.25. The predicted octanol–water partition coefficient (Wildman–Crippen LogP) is 3.96. The highest BCUT2D eigenvalue weighted by Crippen LogP contribution is 2.34. The van der Waals surface area contributed by atoms with E-state index in [1.54, 1.807) is 14.2 Å². The van der Waals surface area contributed by atoms with Gasteiger partial charge in [-0.2, -0.15) is 0 Å². The molecule has 1 aromatic heterocycles. The molecule has 0 aliphatic heterocycles. The molecule has 108 valence electrons. The number of rotatable bonds is 5. The van der Waals surface area contributed by atoms with Gasteiger partial charge in [-0.25, -0.2) is 0 Å². The topological polar surface area (TPSA) is 56.5 Å². The van der Waals surface area contributed by atoms with E-state index >= 15 is 0 Å². The smallest absolute Gasteiger partial charge is 0.187 e. The van der Waals surface area contributed by atoms with E-state index in [-0.39, 0.29) is 0 Å². The Bertz CT molecular complexity index is 758. The zero-order chi connectivity index (χ0) is 14.7. The highest BCUT2D eigenvalue weighted by Gasteiger charge is 2.10. The van der Waals surface area contributed by atoms with Gasteiger partial charge in [0.1, 0.15) is 11.5 Å². The SMILES string of the molecule is COc1ccc(OC)c(SNc2noc3ccccc23)c1. The number of nitrogens with zero attached hydrogens (tertiary/aromatic N) is 1. The molecule has 1 heterocycles. The first kappa shape index (κ1) is 13.6. The van der Waals surface area contributed by atoms with Crippen molar-refractivity contribution in [1.29, 1.82) is 0 Å². The lowest BCUT2D eigenvalue weighted by Gasteiger charge is -2.09. The van der Waals surface area contributed by atoms with E-state index in [2.05, 4.69) is 9.88 Å². The molecule has 0 unspecified atom stereocenters. The van der Waals surface area contributed by atoms with Crippen molar-refractivity contribution in [3.05, 3.63) is 42.5 Å². The van der Waals surface area contributed by atoms with Gasteiger partial charge in [-0.1, -0.05) is 17.3 Å². The molecule has 1 N–H and O–H groups in total. The van der Waals surface area contributed by atoms with Crippen LogP contribution in [0, 0.1) is 0 Å². The molecule has 0 radical (unpaired) electrons. The van der Waals surface area contributed by atoms with E-state index in [0.29, 0.717) is 5.82 Å². The molecule has 0 atom stereocenters. The summed E-state index contributed by atoms with van der Waals surface area (Å²) in [5, 5.41) is 4.97. The molecule has 0 amide bonds. The lowest BCUT2D eigenvalue weighted by atomic mass is 10.2. The zero-order valence-corrected chi connectivity index (χ0v) is 12.4. The van der Waals surface area contributed by atoms with Crippen LogP contribution in [0.25, 0.3) is 11.0 Å². The fraction of sp³-hybridized carbons (Fsp3) is 0.133. The van der Waals surface area contributed by atoms with E-state index in [1.165, 1.54) is 11.9 Å². The lowest BCUT2D eigenvalue weighted by Crippen LogP contribution is -1.92. The molecule has 3 aromatic rings. The van der Waals surface area contributed by atoms with Crippen LogP contribution in [0.1, 0.15) is 0 Å². The van der Waals surface area contributed by atoms with Crippen LogP contribution in [0.2, 0.25) is 0 Å². The average Bonchev–Trinajstić information content (AvgIpc) is 2.96. The largest absolute Gasteiger partial charge is 0.497 e. The average molecular weight is 302 g/mol. The standard InChI is InChI=1S/C15H14N2O3S/c1-18-10-7-8-13(19-2)14(9-10)21-17-15-11-5-3-4-6-12(11)20-16-15/h3-9H,1-2H3,(H,16,17). The summed E-state index contributed by atoms with van der Waals surface area (Å²) in [7, 11) is 3.27.